The molecule has 5 nitrogen and oxygen atoms in total. The number of benzene rings is 2. The van der Waals surface area contributed by atoms with Crippen LogP contribution in [0.15, 0.2) is 58.1 Å². The Kier molecular flexibility index (Phi) is 6.26. The van der Waals surface area contributed by atoms with Crippen molar-refractivity contribution in [2.45, 2.75) is 20.3 Å². The minimum absolute atomic E-state index is 0.101. The molecule has 24 heavy (non-hydrogen) atoms. The first-order valence-corrected chi connectivity index (χ1v) is 8.19. The van der Waals surface area contributed by atoms with Crippen LogP contribution < -0.4 is 10.7 Å². The smallest absolute Gasteiger partial charge is 0.271 e. The number of halogens is 1. The van der Waals surface area contributed by atoms with Crippen molar-refractivity contribution in [1.29, 1.82) is 0 Å². The van der Waals surface area contributed by atoms with Crippen molar-refractivity contribution >= 4 is 39.1 Å². The Morgan fingerprint density at radius 2 is 1.83 bits per heavy atom. The number of carbonyl (C=O) groups is 2. The Morgan fingerprint density at radius 3 is 2.50 bits per heavy atom. The largest absolute Gasteiger partial charge is 0.326 e. The summed E-state index contributed by atoms with van der Waals surface area (Å²) in [6.07, 6.45) is 0.101. The molecule has 2 rings (SSSR count). The second-order valence-corrected chi connectivity index (χ2v) is 6.31. The molecule has 2 N–H and O–H groups in total. The number of carbonyl (C=O) groups excluding carboxylic acids is 2. The van der Waals surface area contributed by atoms with Crippen LogP contribution in [-0.4, -0.2) is 17.5 Å². The average molecular weight is 388 g/mol. The van der Waals surface area contributed by atoms with Crippen molar-refractivity contribution in [2.75, 3.05) is 5.32 Å². The number of aryl methyl sites for hydroxylation is 1. The van der Waals surface area contributed by atoms with Gasteiger partial charge >= 0.3 is 0 Å². The molecule has 0 bridgehead atoms. The van der Waals surface area contributed by atoms with Crippen LogP contribution in [0.5, 0.6) is 0 Å². The summed E-state index contributed by atoms with van der Waals surface area (Å²) in [6.45, 7) is 3.61. The number of hydrogen-bond donors (Lipinski definition) is 2. The third-order valence-corrected chi connectivity index (χ3v) is 3.70. The molecule has 6 heteroatoms. The molecule has 0 aliphatic rings. The predicted molar refractivity (Wildman–Crippen MR) is 99.1 cm³/mol. The standard InChI is InChI=1S/C18H18BrN3O2/c1-12-4-3-5-14(10-12)18(24)22-21-13(2)11-17(23)20-16-8-6-15(19)7-9-16/h3-10H,11H2,1-2H3,(H,20,23)(H,22,24)/b21-13+. The lowest BCUT2D eigenvalue weighted by Gasteiger charge is -2.06. The summed E-state index contributed by atoms with van der Waals surface area (Å²) in [5.74, 6) is -0.491. The fourth-order valence-corrected chi connectivity index (χ4v) is 2.27. The maximum Gasteiger partial charge on any atom is 0.271 e. The van der Waals surface area contributed by atoms with Gasteiger partial charge in [0.05, 0.1) is 6.42 Å². The normalized spacial score (nSPS) is 11.0. The van der Waals surface area contributed by atoms with Gasteiger partial charge in [0.1, 0.15) is 0 Å². The van der Waals surface area contributed by atoms with E-state index in [-0.39, 0.29) is 18.2 Å². The van der Waals surface area contributed by atoms with E-state index in [4.69, 9.17) is 0 Å². The van der Waals surface area contributed by atoms with Crippen LogP contribution in [0.4, 0.5) is 5.69 Å². The Labute approximate surface area is 149 Å². The predicted octanol–water partition coefficient (Wildman–Crippen LogP) is 3.89. The molecule has 0 aromatic heterocycles. The third-order valence-electron chi connectivity index (χ3n) is 3.17. The van der Waals surface area contributed by atoms with E-state index in [0.29, 0.717) is 17.0 Å². The number of anilines is 1. The molecule has 2 aromatic rings. The highest BCUT2D eigenvalue weighted by Crippen LogP contribution is 2.14. The van der Waals surface area contributed by atoms with E-state index in [9.17, 15) is 9.59 Å². The topological polar surface area (TPSA) is 70.6 Å². The first kappa shape index (κ1) is 17.9. The van der Waals surface area contributed by atoms with Gasteiger partial charge in [0, 0.05) is 21.4 Å². The van der Waals surface area contributed by atoms with Crippen LogP contribution in [0.1, 0.15) is 29.3 Å². The summed E-state index contributed by atoms with van der Waals surface area (Å²) >= 11 is 3.34. The van der Waals surface area contributed by atoms with Crippen molar-refractivity contribution in [2.24, 2.45) is 5.10 Å². The number of amides is 2. The van der Waals surface area contributed by atoms with Crippen molar-refractivity contribution in [3.05, 3.63) is 64.1 Å². The molecule has 124 valence electrons. The van der Waals surface area contributed by atoms with Gasteiger partial charge in [-0.05, 0) is 50.2 Å². The monoisotopic (exact) mass is 387 g/mol. The molecule has 2 aromatic carbocycles. The summed E-state index contributed by atoms with van der Waals surface area (Å²) in [6, 6.07) is 14.5. The summed E-state index contributed by atoms with van der Waals surface area (Å²) in [4.78, 5) is 23.9. The highest BCUT2D eigenvalue weighted by molar-refractivity contribution is 9.10. The lowest BCUT2D eigenvalue weighted by Crippen LogP contribution is -2.21. The zero-order chi connectivity index (χ0) is 17.5. The van der Waals surface area contributed by atoms with Gasteiger partial charge in [0.25, 0.3) is 5.91 Å². The lowest BCUT2D eigenvalue weighted by atomic mass is 10.1. The maximum absolute atomic E-state index is 12.0. The maximum atomic E-state index is 12.0. The fraction of sp³-hybridized carbons (Fsp3) is 0.167. The van der Waals surface area contributed by atoms with Crippen LogP contribution in [0, 0.1) is 6.92 Å². The van der Waals surface area contributed by atoms with E-state index in [1.54, 1.807) is 31.2 Å². The Hall–Kier alpha value is -2.47. The molecular formula is C18H18BrN3O2. The summed E-state index contributed by atoms with van der Waals surface area (Å²) in [5, 5.41) is 6.75. The molecule has 0 heterocycles. The molecule has 0 aliphatic carbocycles. The van der Waals surface area contributed by atoms with E-state index < -0.39 is 0 Å². The van der Waals surface area contributed by atoms with Crippen molar-refractivity contribution in [3.63, 3.8) is 0 Å². The summed E-state index contributed by atoms with van der Waals surface area (Å²) in [5.41, 5.74) is 5.22. The number of rotatable bonds is 5. The number of hydrogen-bond acceptors (Lipinski definition) is 3. The van der Waals surface area contributed by atoms with E-state index in [0.717, 1.165) is 10.0 Å². The van der Waals surface area contributed by atoms with Crippen LogP contribution in [0.2, 0.25) is 0 Å². The average Bonchev–Trinajstić information content (AvgIpc) is 2.54. The Morgan fingerprint density at radius 1 is 1.12 bits per heavy atom. The molecule has 0 atom stereocenters. The van der Waals surface area contributed by atoms with E-state index >= 15 is 0 Å². The molecule has 0 spiro atoms. The molecule has 0 fully saturated rings. The van der Waals surface area contributed by atoms with Gasteiger partial charge in [0.15, 0.2) is 0 Å². The number of nitrogens with zero attached hydrogens (tertiary/aromatic N) is 1. The summed E-state index contributed by atoms with van der Waals surface area (Å²) < 4.78 is 0.942. The second kappa shape index (κ2) is 8.40. The van der Waals surface area contributed by atoms with E-state index in [1.165, 1.54) is 0 Å². The molecule has 0 aliphatic heterocycles. The SMILES string of the molecule is C/C(CC(=O)Nc1ccc(Br)cc1)=N\NC(=O)c1cccc(C)c1. The molecular weight excluding hydrogens is 370 g/mol. The third kappa shape index (κ3) is 5.62. The highest BCUT2D eigenvalue weighted by Gasteiger charge is 2.07. The summed E-state index contributed by atoms with van der Waals surface area (Å²) in [7, 11) is 0. The van der Waals surface area contributed by atoms with Crippen LogP contribution >= 0.6 is 15.9 Å². The van der Waals surface area contributed by atoms with Gasteiger partial charge in [-0.15, -0.1) is 0 Å². The second-order valence-electron chi connectivity index (χ2n) is 5.39. The zero-order valence-electron chi connectivity index (χ0n) is 13.5. The Balaban J connectivity index is 1.87. The van der Waals surface area contributed by atoms with Gasteiger partial charge < -0.3 is 5.32 Å². The molecule has 0 unspecified atom stereocenters. The lowest BCUT2D eigenvalue weighted by molar-refractivity contribution is -0.115. The molecule has 0 saturated carbocycles. The fourth-order valence-electron chi connectivity index (χ4n) is 2.01. The molecule has 0 saturated heterocycles. The minimum atomic E-state index is -0.300. The minimum Gasteiger partial charge on any atom is -0.326 e. The van der Waals surface area contributed by atoms with Crippen molar-refractivity contribution < 1.29 is 9.59 Å². The van der Waals surface area contributed by atoms with E-state index in [2.05, 4.69) is 31.8 Å². The van der Waals surface area contributed by atoms with Crippen LogP contribution in [0.25, 0.3) is 0 Å². The van der Waals surface area contributed by atoms with Gasteiger partial charge in [-0.2, -0.15) is 5.10 Å². The zero-order valence-corrected chi connectivity index (χ0v) is 15.1. The Bertz CT molecular complexity index is 770. The van der Waals surface area contributed by atoms with Gasteiger partial charge in [-0.1, -0.05) is 33.6 Å². The van der Waals surface area contributed by atoms with Crippen molar-refractivity contribution in [1.82, 2.24) is 5.43 Å². The van der Waals surface area contributed by atoms with Gasteiger partial charge in [0.2, 0.25) is 5.91 Å². The van der Waals surface area contributed by atoms with Crippen LogP contribution in [-0.2, 0) is 4.79 Å². The quantitative estimate of drug-likeness (QED) is 0.603. The highest BCUT2D eigenvalue weighted by atomic mass is 79.9. The first-order valence-electron chi connectivity index (χ1n) is 7.39. The van der Waals surface area contributed by atoms with Crippen LogP contribution in [0.3, 0.4) is 0 Å². The molecule has 2 amide bonds. The van der Waals surface area contributed by atoms with E-state index in [1.807, 2.05) is 31.2 Å². The number of nitrogens with one attached hydrogen (secondary N) is 2. The molecule has 0 radical (unpaired) electrons. The van der Waals surface area contributed by atoms with Crippen molar-refractivity contribution in [3.8, 4) is 0 Å². The van der Waals surface area contributed by atoms with Gasteiger partial charge in [-0.3, -0.25) is 9.59 Å². The first-order chi connectivity index (χ1) is 11.4. The number of hydrazone groups is 1. The van der Waals surface area contributed by atoms with Gasteiger partial charge in [-0.25, -0.2) is 5.43 Å².